The van der Waals surface area contributed by atoms with Crippen LogP contribution in [0.25, 0.3) is 21.8 Å². The smallest absolute Gasteiger partial charge is 0.320 e. The zero-order chi connectivity index (χ0) is 26.3. The first-order valence-corrected chi connectivity index (χ1v) is 13.0. The summed E-state index contributed by atoms with van der Waals surface area (Å²) in [7, 11) is 1.64. The predicted molar refractivity (Wildman–Crippen MR) is 147 cm³/mol. The molecule has 0 bridgehead atoms. The number of methoxy groups -OCH3 is 1. The maximum atomic E-state index is 11.7. The second-order valence-corrected chi connectivity index (χ2v) is 9.27. The predicted octanol–water partition coefficient (Wildman–Crippen LogP) is 3.81. The highest BCUT2D eigenvalue weighted by atomic mass is 16.5. The van der Waals surface area contributed by atoms with Gasteiger partial charge in [-0.15, -0.1) is 0 Å². The van der Waals surface area contributed by atoms with Gasteiger partial charge in [0.25, 0.3) is 0 Å². The summed E-state index contributed by atoms with van der Waals surface area (Å²) >= 11 is 0. The number of hydrogen-bond acceptors (Lipinski definition) is 9. The number of carbonyl (C=O) groups is 1. The van der Waals surface area contributed by atoms with Gasteiger partial charge in [-0.25, -0.2) is 9.97 Å². The number of nitrogens with one attached hydrogen (secondary N) is 2. The van der Waals surface area contributed by atoms with Crippen molar-refractivity contribution in [2.24, 2.45) is 0 Å². The van der Waals surface area contributed by atoms with Crippen LogP contribution in [0.5, 0.6) is 11.5 Å². The van der Waals surface area contributed by atoms with Crippen molar-refractivity contribution >= 4 is 39.3 Å². The lowest BCUT2D eigenvalue weighted by molar-refractivity contribution is -0.144. The molecular weight excluding hydrogens is 484 g/mol. The van der Waals surface area contributed by atoms with E-state index < -0.39 is 0 Å². The number of aromatic nitrogens is 3. The van der Waals surface area contributed by atoms with Gasteiger partial charge in [0.1, 0.15) is 12.1 Å². The summed E-state index contributed by atoms with van der Waals surface area (Å²) in [4.78, 5) is 28.4. The normalized spacial score (nSPS) is 14.6. The van der Waals surface area contributed by atoms with E-state index in [1.165, 1.54) is 0 Å². The monoisotopic (exact) mass is 518 g/mol. The third kappa shape index (κ3) is 6.15. The second-order valence-electron chi connectivity index (χ2n) is 9.27. The van der Waals surface area contributed by atoms with Crippen LogP contribution in [0.4, 0.5) is 11.5 Å². The van der Waals surface area contributed by atoms with Crippen molar-refractivity contribution in [2.75, 3.05) is 64.9 Å². The van der Waals surface area contributed by atoms with Crippen LogP contribution < -0.4 is 14.8 Å². The number of piperazine rings is 1. The molecule has 5 rings (SSSR count). The molecule has 1 aliphatic rings. The fourth-order valence-electron chi connectivity index (χ4n) is 4.73. The van der Waals surface area contributed by atoms with Crippen LogP contribution in [0.15, 0.2) is 48.9 Å². The minimum Gasteiger partial charge on any atom is -0.493 e. The van der Waals surface area contributed by atoms with Crippen LogP contribution >= 0.6 is 0 Å². The van der Waals surface area contributed by atoms with Crippen molar-refractivity contribution in [3.8, 4) is 11.5 Å². The van der Waals surface area contributed by atoms with Crippen molar-refractivity contribution in [1.29, 1.82) is 0 Å². The lowest BCUT2D eigenvalue weighted by Crippen LogP contribution is -2.48. The van der Waals surface area contributed by atoms with Gasteiger partial charge < -0.3 is 29.4 Å². The highest BCUT2D eigenvalue weighted by Gasteiger charge is 2.19. The molecule has 10 nitrogen and oxygen atoms in total. The number of nitrogens with zero attached hydrogens (tertiary/aromatic N) is 4. The minimum atomic E-state index is -0.149. The van der Waals surface area contributed by atoms with Gasteiger partial charge in [0.05, 0.1) is 32.4 Å². The number of anilines is 2. The van der Waals surface area contributed by atoms with E-state index >= 15 is 0 Å². The Balaban J connectivity index is 1.19. The van der Waals surface area contributed by atoms with Crippen LogP contribution in [-0.2, 0) is 9.53 Å². The molecule has 2 aromatic heterocycles. The number of aromatic amines is 1. The first-order valence-electron chi connectivity index (χ1n) is 13.0. The molecule has 1 saturated heterocycles. The van der Waals surface area contributed by atoms with Gasteiger partial charge in [-0.3, -0.25) is 9.69 Å². The quantitative estimate of drug-likeness (QED) is 0.226. The lowest BCUT2D eigenvalue weighted by Gasteiger charge is -2.34. The Kier molecular flexibility index (Phi) is 8.20. The summed E-state index contributed by atoms with van der Waals surface area (Å²) < 4.78 is 16.8. The third-order valence-electron chi connectivity index (χ3n) is 6.74. The Bertz CT molecular complexity index is 1380. The number of ether oxygens (including phenoxy) is 3. The van der Waals surface area contributed by atoms with Gasteiger partial charge in [0.15, 0.2) is 11.5 Å². The summed E-state index contributed by atoms with van der Waals surface area (Å²) in [5, 5.41) is 5.41. The highest BCUT2D eigenvalue weighted by molar-refractivity contribution is 5.94. The van der Waals surface area contributed by atoms with Gasteiger partial charge in [0.2, 0.25) is 0 Å². The maximum absolute atomic E-state index is 11.7. The molecule has 38 heavy (non-hydrogen) atoms. The van der Waals surface area contributed by atoms with E-state index in [1.54, 1.807) is 13.4 Å². The molecule has 0 unspecified atom stereocenters. The number of esters is 1. The standard InChI is InChI=1S/C28H34N6O4/c1-3-37-27(35)18-34-12-10-33(11-13-34)9-4-14-38-26-16-22-24(17-25(26)36-2)30-19-31-28(22)32-21-5-6-23-20(15-21)7-8-29-23/h5-8,15-17,19,29H,3-4,9-14,18H2,1-2H3,(H,30,31,32). The Morgan fingerprint density at radius 1 is 1.05 bits per heavy atom. The summed E-state index contributed by atoms with van der Waals surface area (Å²) in [6.07, 6.45) is 4.36. The summed E-state index contributed by atoms with van der Waals surface area (Å²) in [5.41, 5.74) is 2.80. The van der Waals surface area contributed by atoms with Crippen LogP contribution in [0.2, 0.25) is 0 Å². The lowest BCUT2D eigenvalue weighted by atomic mass is 10.2. The van der Waals surface area contributed by atoms with Crippen LogP contribution in [0.1, 0.15) is 13.3 Å². The maximum Gasteiger partial charge on any atom is 0.320 e. The zero-order valence-electron chi connectivity index (χ0n) is 21.9. The van der Waals surface area contributed by atoms with Gasteiger partial charge in [-0.1, -0.05) is 0 Å². The number of rotatable bonds is 11. The summed E-state index contributed by atoms with van der Waals surface area (Å²) in [5.74, 6) is 1.86. The molecule has 2 N–H and O–H groups in total. The molecule has 0 spiro atoms. The molecule has 4 aromatic rings. The van der Waals surface area contributed by atoms with Crippen molar-refractivity contribution in [3.63, 3.8) is 0 Å². The highest BCUT2D eigenvalue weighted by Crippen LogP contribution is 2.35. The van der Waals surface area contributed by atoms with Gasteiger partial charge in [-0.2, -0.15) is 0 Å². The molecule has 0 saturated carbocycles. The Morgan fingerprint density at radius 2 is 1.89 bits per heavy atom. The fraction of sp³-hybridized carbons (Fsp3) is 0.393. The second kappa shape index (κ2) is 12.1. The first-order chi connectivity index (χ1) is 18.6. The van der Waals surface area contributed by atoms with Crippen molar-refractivity contribution < 1.29 is 19.0 Å². The first kappa shape index (κ1) is 25.7. The van der Waals surface area contributed by atoms with Crippen molar-refractivity contribution in [2.45, 2.75) is 13.3 Å². The van der Waals surface area contributed by atoms with Gasteiger partial charge >= 0.3 is 5.97 Å². The van der Waals surface area contributed by atoms with E-state index in [-0.39, 0.29) is 5.97 Å². The topological polar surface area (TPSA) is 105 Å². The Labute approximate surface area is 221 Å². The van der Waals surface area contributed by atoms with E-state index in [0.29, 0.717) is 37.1 Å². The molecule has 3 heterocycles. The fourth-order valence-corrected chi connectivity index (χ4v) is 4.73. The van der Waals surface area contributed by atoms with Gasteiger partial charge in [-0.05, 0) is 43.7 Å². The molecule has 1 aliphatic heterocycles. The third-order valence-corrected chi connectivity index (χ3v) is 6.74. The summed E-state index contributed by atoms with van der Waals surface area (Å²) in [6, 6.07) is 12.0. The van der Waals surface area contributed by atoms with E-state index in [4.69, 9.17) is 14.2 Å². The largest absolute Gasteiger partial charge is 0.493 e. The van der Waals surface area contributed by atoms with Crippen molar-refractivity contribution in [1.82, 2.24) is 24.8 Å². The SMILES string of the molecule is CCOC(=O)CN1CCN(CCCOc2cc3c(Nc4ccc5[nH]ccc5c4)ncnc3cc2OC)CC1. The number of carbonyl (C=O) groups excluding carboxylic acids is 1. The molecule has 0 atom stereocenters. The Morgan fingerprint density at radius 3 is 2.71 bits per heavy atom. The zero-order valence-corrected chi connectivity index (χ0v) is 21.9. The van der Waals surface area contributed by atoms with Crippen molar-refractivity contribution in [3.05, 3.63) is 48.9 Å². The molecular formula is C28H34N6O4. The average Bonchev–Trinajstić information content (AvgIpc) is 3.40. The van der Waals surface area contributed by atoms with Gasteiger partial charge in [0, 0.05) is 67.0 Å². The number of H-pyrrole nitrogens is 1. The molecule has 200 valence electrons. The van der Waals surface area contributed by atoms with E-state index in [2.05, 4.69) is 36.1 Å². The van der Waals surface area contributed by atoms with Crippen LogP contribution in [0, 0.1) is 0 Å². The van der Waals surface area contributed by atoms with Crippen LogP contribution in [-0.4, -0.2) is 90.3 Å². The van der Waals surface area contributed by atoms with Crippen LogP contribution in [0.3, 0.4) is 0 Å². The molecule has 10 heteroatoms. The molecule has 2 aromatic carbocycles. The average molecular weight is 519 g/mol. The number of hydrogen-bond donors (Lipinski definition) is 2. The number of benzene rings is 2. The Hall–Kier alpha value is -3.89. The van der Waals surface area contributed by atoms with E-state index in [9.17, 15) is 4.79 Å². The molecule has 1 fully saturated rings. The minimum absolute atomic E-state index is 0.149. The van der Waals surface area contributed by atoms with E-state index in [0.717, 1.165) is 66.6 Å². The van der Waals surface area contributed by atoms with E-state index in [1.807, 2.05) is 43.5 Å². The molecule has 0 radical (unpaired) electrons. The molecule has 0 amide bonds. The number of fused-ring (bicyclic) bond motifs is 2. The molecule has 0 aliphatic carbocycles. The summed E-state index contributed by atoms with van der Waals surface area (Å²) in [6.45, 7) is 7.71.